The zero-order valence-corrected chi connectivity index (χ0v) is 18.6. The van der Waals surface area contributed by atoms with Gasteiger partial charge in [0, 0.05) is 5.69 Å². The van der Waals surface area contributed by atoms with Crippen LogP contribution in [0.4, 0.5) is 5.69 Å². The Bertz CT molecular complexity index is 880. The number of hydrogen-bond acceptors (Lipinski definition) is 4. The van der Waals surface area contributed by atoms with Crippen LogP contribution in [0.1, 0.15) is 40.2 Å². The van der Waals surface area contributed by atoms with E-state index in [0.29, 0.717) is 11.4 Å². The molecule has 5 nitrogen and oxygen atoms in total. The van der Waals surface area contributed by atoms with Gasteiger partial charge in [-0.3, -0.25) is 9.59 Å². The molecule has 0 bridgehead atoms. The Kier molecular flexibility index (Phi) is 7.81. The fourth-order valence-corrected chi connectivity index (χ4v) is 2.70. The molecule has 5 heteroatoms. The van der Waals surface area contributed by atoms with Crippen LogP contribution in [0.3, 0.4) is 0 Å². The first-order chi connectivity index (χ1) is 14.1. The molecule has 0 unspecified atom stereocenters. The summed E-state index contributed by atoms with van der Waals surface area (Å²) in [4.78, 5) is 25.4. The first kappa shape index (κ1) is 23.2. The fraction of sp³-hybridized carbons (Fsp3) is 0.360. The predicted molar refractivity (Wildman–Crippen MR) is 120 cm³/mol. The number of carbonyl (C=O) groups excluding carboxylic acids is 2. The Morgan fingerprint density at radius 2 is 1.60 bits per heavy atom. The van der Waals surface area contributed by atoms with E-state index in [0.717, 1.165) is 11.1 Å². The SMILES string of the molecule is COc1ccc(NC(=O)[C@@H](C)[C@@H](/C=C(\C)c2ccccc2)OC(=O)C(C)(C)C)cc1. The Hall–Kier alpha value is -3.08. The molecule has 0 aliphatic heterocycles. The summed E-state index contributed by atoms with van der Waals surface area (Å²) in [7, 11) is 1.59. The number of carbonyl (C=O) groups is 2. The van der Waals surface area contributed by atoms with Gasteiger partial charge in [-0.15, -0.1) is 0 Å². The highest BCUT2D eigenvalue weighted by molar-refractivity contribution is 5.93. The standard InChI is InChI=1S/C25H31NO4/c1-17(19-10-8-7-9-11-19)16-22(30-24(28)25(3,4)5)18(2)23(27)26-20-12-14-21(29-6)15-13-20/h7-16,18,22H,1-6H3,(H,26,27)/b17-16+/t18-,22+/m0/s1. The largest absolute Gasteiger partial charge is 0.497 e. The zero-order valence-electron chi connectivity index (χ0n) is 18.6. The Balaban J connectivity index is 2.24. The van der Waals surface area contributed by atoms with Gasteiger partial charge in [0.05, 0.1) is 18.4 Å². The molecule has 2 aromatic rings. The molecule has 0 saturated carbocycles. The van der Waals surface area contributed by atoms with Crippen molar-refractivity contribution in [1.82, 2.24) is 0 Å². The van der Waals surface area contributed by atoms with Gasteiger partial charge in [0.2, 0.25) is 5.91 Å². The van der Waals surface area contributed by atoms with Gasteiger partial charge in [-0.2, -0.15) is 0 Å². The number of benzene rings is 2. The molecular weight excluding hydrogens is 378 g/mol. The molecule has 2 rings (SSSR count). The van der Waals surface area contributed by atoms with Crippen molar-refractivity contribution in [2.45, 2.75) is 40.7 Å². The van der Waals surface area contributed by atoms with Crippen molar-refractivity contribution in [3.05, 3.63) is 66.2 Å². The average Bonchev–Trinajstić information content (AvgIpc) is 2.73. The second-order valence-corrected chi connectivity index (χ2v) is 8.34. The molecule has 0 saturated heterocycles. The Morgan fingerprint density at radius 1 is 1.00 bits per heavy atom. The van der Waals surface area contributed by atoms with E-state index >= 15 is 0 Å². The fourth-order valence-electron chi connectivity index (χ4n) is 2.70. The molecule has 2 atom stereocenters. The molecule has 1 amide bonds. The molecule has 160 valence electrons. The Labute approximate surface area is 179 Å². The average molecular weight is 410 g/mol. The molecule has 0 aromatic heterocycles. The highest BCUT2D eigenvalue weighted by Crippen LogP contribution is 2.24. The summed E-state index contributed by atoms with van der Waals surface area (Å²) >= 11 is 0. The number of amides is 1. The maximum atomic E-state index is 12.9. The van der Waals surface area contributed by atoms with Gasteiger partial charge >= 0.3 is 5.97 Å². The van der Waals surface area contributed by atoms with Crippen molar-refractivity contribution in [1.29, 1.82) is 0 Å². The van der Waals surface area contributed by atoms with E-state index in [1.165, 1.54) is 0 Å². The summed E-state index contributed by atoms with van der Waals surface area (Å²) in [5.41, 5.74) is 1.93. The van der Waals surface area contributed by atoms with Crippen LogP contribution in [0, 0.1) is 11.3 Å². The van der Waals surface area contributed by atoms with Gasteiger partial charge in [-0.05, 0) is 76.1 Å². The van der Waals surface area contributed by atoms with E-state index in [1.54, 1.807) is 59.1 Å². The van der Waals surface area contributed by atoms with Crippen LogP contribution in [-0.2, 0) is 14.3 Å². The first-order valence-electron chi connectivity index (χ1n) is 10.0. The van der Waals surface area contributed by atoms with Crippen molar-refractivity contribution >= 4 is 23.1 Å². The van der Waals surface area contributed by atoms with E-state index in [4.69, 9.17) is 9.47 Å². The van der Waals surface area contributed by atoms with Gasteiger partial charge < -0.3 is 14.8 Å². The van der Waals surface area contributed by atoms with Gasteiger partial charge in [0.15, 0.2) is 0 Å². The minimum Gasteiger partial charge on any atom is -0.497 e. The number of nitrogens with one attached hydrogen (secondary N) is 1. The third-order valence-electron chi connectivity index (χ3n) is 4.76. The first-order valence-corrected chi connectivity index (χ1v) is 10.0. The second-order valence-electron chi connectivity index (χ2n) is 8.34. The third-order valence-corrected chi connectivity index (χ3v) is 4.76. The van der Waals surface area contributed by atoms with E-state index in [9.17, 15) is 9.59 Å². The molecule has 1 N–H and O–H groups in total. The lowest BCUT2D eigenvalue weighted by molar-refractivity contribution is -0.159. The number of allylic oxidation sites excluding steroid dienone is 1. The van der Waals surface area contributed by atoms with E-state index in [1.807, 2.05) is 43.3 Å². The molecule has 2 aromatic carbocycles. The van der Waals surface area contributed by atoms with E-state index < -0.39 is 17.4 Å². The van der Waals surface area contributed by atoms with Crippen LogP contribution in [0.5, 0.6) is 5.75 Å². The number of hydrogen-bond donors (Lipinski definition) is 1. The summed E-state index contributed by atoms with van der Waals surface area (Å²) in [6.45, 7) is 9.09. The number of rotatable bonds is 7. The summed E-state index contributed by atoms with van der Waals surface area (Å²) in [5, 5.41) is 2.88. The maximum absolute atomic E-state index is 12.9. The van der Waals surface area contributed by atoms with Gasteiger partial charge in [-0.1, -0.05) is 30.3 Å². The molecule has 0 heterocycles. The summed E-state index contributed by atoms with van der Waals surface area (Å²) in [5.74, 6) is -0.464. The van der Waals surface area contributed by atoms with Crippen molar-refractivity contribution in [3.8, 4) is 5.75 Å². The summed E-state index contributed by atoms with van der Waals surface area (Å²) < 4.78 is 10.9. The highest BCUT2D eigenvalue weighted by Gasteiger charge is 2.31. The van der Waals surface area contributed by atoms with Crippen molar-refractivity contribution < 1.29 is 19.1 Å². The maximum Gasteiger partial charge on any atom is 0.311 e. The molecule has 30 heavy (non-hydrogen) atoms. The van der Waals surface area contributed by atoms with Crippen molar-refractivity contribution in [3.63, 3.8) is 0 Å². The van der Waals surface area contributed by atoms with Crippen LogP contribution in [0.15, 0.2) is 60.7 Å². The normalized spacial score (nSPS) is 13.9. The lowest BCUT2D eigenvalue weighted by Gasteiger charge is -2.26. The van der Waals surface area contributed by atoms with Crippen LogP contribution in [-0.4, -0.2) is 25.1 Å². The quantitative estimate of drug-likeness (QED) is 0.628. The lowest BCUT2D eigenvalue weighted by Crippen LogP contribution is -2.36. The molecule has 0 aliphatic rings. The molecule has 0 radical (unpaired) electrons. The van der Waals surface area contributed by atoms with Crippen LogP contribution < -0.4 is 10.1 Å². The van der Waals surface area contributed by atoms with Crippen LogP contribution >= 0.6 is 0 Å². The van der Waals surface area contributed by atoms with Gasteiger partial charge in [0.1, 0.15) is 11.9 Å². The highest BCUT2D eigenvalue weighted by atomic mass is 16.5. The van der Waals surface area contributed by atoms with Crippen molar-refractivity contribution in [2.24, 2.45) is 11.3 Å². The van der Waals surface area contributed by atoms with Crippen LogP contribution in [0.2, 0.25) is 0 Å². The number of ether oxygens (including phenoxy) is 2. The third kappa shape index (κ3) is 6.48. The molecule has 0 spiro atoms. The van der Waals surface area contributed by atoms with Crippen molar-refractivity contribution in [2.75, 3.05) is 12.4 Å². The van der Waals surface area contributed by atoms with Gasteiger partial charge in [-0.25, -0.2) is 0 Å². The van der Waals surface area contributed by atoms with E-state index in [-0.39, 0.29) is 11.9 Å². The molecule has 0 fully saturated rings. The second kappa shape index (κ2) is 10.1. The van der Waals surface area contributed by atoms with Gasteiger partial charge in [0.25, 0.3) is 0 Å². The minimum atomic E-state index is -0.699. The lowest BCUT2D eigenvalue weighted by atomic mass is 9.95. The summed E-state index contributed by atoms with van der Waals surface area (Å²) in [6, 6.07) is 16.9. The zero-order chi connectivity index (χ0) is 22.3. The summed E-state index contributed by atoms with van der Waals surface area (Å²) in [6.07, 6.45) is 1.15. The Morgan fingerprint density at radius 3 is 2.13 bits per heavy atom. The number of esters is 1. The predicted octanol–water partition coefficient (Wildman–Crippen LogP) is 5.33. The topological polar surface area (TPSA) is 64.6 Å². The number of methoxy groups -OCH3 is 1. The minimum absolute atomic E-state index is 0.232. The number of anilines is 1. The smallest absolute Gasteiger partial charge is 0.311 e. The van der Waals surface area contributed by atoms with Crippen LogP contribution in [0.25, 0.3) is 5.57 Å². The molecule has 0 aliphatic carbocycles. The monoisotopic (exact) mass is 409 g/mol. The van der Waals surface area contributed by atoms with E-state index in [2.05, 4.69) is 5.32 Å². The molecular formula is C25H31NO4.